The van der Waals surface area contributed by atoms with Crippen LogP contribution in [-0.4, -0.2) is 24.1 Å². The summed E-state index contributed by atoms with van der Waals surface area (Å²) in [6.45, 7) is 3.35. The number of carbonyl (C=O) groups excluding carboxylic acids is 1. The fourth-order valence-corrected chi connectivity index (χ4v) is 3.93. The molecule has 1 N–H and O–H groups in total. The van der Waals surface area contributed by atoms with E-state index in [2.05, 4.69) is 29.4 Å². The van der Waals surface area contributed by atoms with E-state index in [-0.39, 0.29) is 24.0 Å². The minimum Gasteiger partial charge on any atom is -0.493 e. The molecule has 1 unspecified atom stereocenters. The van der Waals surface area contributed by atoms with Gasteiger partial charge in [0.05, 0.1) is 24.7 Å². The van der Waals surface area contributed by atoms with Crippen molar-refractivity contribution in [1.82, 2.24) is 10.3 Å². The summed E-state index contributed by atoms with van der Waals surface area (Å²) in [4.78, 5) is 17.2. The second-order valence-electron chi connectivity index (χ2n) is 6.86. The highest BCUT2D eigenvalue weighted by Gasteiger charge is 2.37. The second-order valence-corrected chi connectivity index (χ2v) is 6.86. The zero-order valence-electron chi connectivity index (χ0n) is 15.0. The first kappa shape index (κ1) is 17.0. The van der Waals surface area contributed by atoms with E-state index in [0.717, 1.165) is 36.1 Å². The number of hydrogen-bond acceptors (Lipinski definition) is 4. The maximum Gasteiger partial charge on any atom is 0.226 e. The predicted octanol–water partition coefficient (Wildman–Crippen LogP) is 3.36. The van der Waals surface area contributed by atoms with Crippen molar-refractivity contribution in [2.24, 2.45) is 5.92 Å². The van der Waals surface area contributed by atoms with Crippen molar-refractivity contribution in [2.45, 2.75) is 38.3 Å². The average Bonchev–Trinajstić information content (AvgIpc) is 3.18. The van der Waals surface area contributed by atoms with Crippen LogP contribution in [0.3, 0.4) is 0 Å². The molecule has 1 amide bonds. The van der Waals surface area contributed by atoms with Gasteiger partial charge in [-0.05, 0) is 30.0 Å². The number of nitrogens with one attached hydrogen (secondary N) is 1. The lowest BCUT2D eigenvalue weighted by Crippen LogP contribution is -2.37. The maximum absolute atomic E-state index is 13.0. The molecule has 5 nitrogen and oxygen atoms in total. The quantitative estimate of drug-likeness (QED) is 0.917. The van der Waals surface area contributed by atoms with Crippen LogP contribution in [0.15, 0.2) is 42.7 Å². The standard InChI is InChI=1S/C21H24N2O3/c1-2-14-5-3-7-16-18(9-12-26-19(14)16)23-21(24)17-8-11-25-20(17)15-6-4-10-22-13-15/h3-7,10,13,17-18,20H,2,8-9,11-12H2,1H3,(H,23,24)/t17-,18?,20+/m0/s1. The first-order valence-corrected chi connectivity index (χ1v) is 9.34. The molecule has 2 aliphatic rings. The molecule has 0 radical (unpaired) electrons. The number of para-hydroxylation sites is 1. The Morgan fingerprint density at radius 2 is 2.15 bits per heavy atom. The first-order chi connectivity index (χ1) is 12.8. The van der Waals surface area contributed by atoms with Gasteiger partial charge < -0.3 is 14.8 Å². The zero-order chi connectivity index (χ0) is 17.9. The molecule has 3 heterocycles. The predicted molar refractivity (Wildman–Crippen MR) is 97.9 cm³/mol. The summed E-state index contributed by atoms with van der Waals surface area (Å²) in [6, 6.07) is 10.0. The van der Waals surface area contributed by atoms with Crippen LogP contribution in [0.1, 0.15) is 48.6 Å². The van der Waals surface area contributed by atoms with Crippen molar-refractivity contribution < 1.29 is 14.3 Å². The van der Waals surface area contributed by atoms with E-state index >= 15 is 0 Å². The van der Waals surface area contributed by atoms with E-state index in [1.54, 1.807) is 12.4 Å². The van der Waals surface area contributed by atoms with E-state index in [0.29, 0.717) is 13.2 Å². The van der Waals surface area contributed by atoms with Crippen LogP contribution in [0, 0.1) is 5.92 Å². The number of pyridine rings is 1. The van der Waals surface area contributed by atoms with Gasteiger partial charge in [-0.2, -0.15) is 0 Å². The van der Waals surface area contributed by atoms with Crippen LogP contribution in [0.5, 0.6) is 5.75 Å². The molecule has 1 aromatic carbocycles. The third-order valence-corrected chi connectivity index (χ3v) is 5.29. The Balaban J connectivity index is 1.52. The van der Waals surface area contributed by atoms with Gasteiger partial charge in [0.15, 0.2) is 0 Å². The lowest BCUT2D eigenvalue weighted by molar-refractivity contribution is -0.127. The van der Waals surface area contributed by atoms with Gasteiger partial charge in [-0.25, -0.2) is 0 Å². The number of rotatable bonds is 4. The van der Waals surface area contributed by atoms with Crippen molar-refractivity contribution in [3.8, 4) is 5.75 Å². The summed E-state index contributed by atoms with van der Waals surface area (Å²) in [5.41, 5.74) is 3.24. The summed E-state index contributed by atoms with van der Waals surface area (Å²) < 4.78 is 11.7. The lowest BCUT2D eigenvalue weighted by Gasteiger charge is -2.29. The fourth-order valence-electron chi connectivity index (χ4n) is 3.93. The fraction of sp³-hybridized carbons (Fsp3) is 0.429. The van der Waals surface area contributed by atoms with Gasteiger partial charge in [-0.15, -0.1) is 0 Å². The molecule has 1 saturated heterocycles. The topological polar surface area (TPSA) is 60.5 Å². The van der Waals surface area contributed by atoms with E-state index in [9.17, 15) is 4.79 Å². The van der Waals surface area contributed by atoms with Crippen LogP contribution in [-0.2, 0) is 16.0 Å². The van der Waals surface area contributed by atoms with Crippen LogP contribution in [0.4, 0.5) is 0 Å². The number of carbonyl (C=O) groups is 1. The highest BCUT2D eigenvalue weighted by molar-refractivity contribution is 5.80. The third kappa shape index (κ3) is 3.19. The molecule has 1 fully saturated rings. The summed E-state index contributed by atoms with van der Waals surface area (Å²) in [5.74, 6) is 0.814. The number of aromatic nitrogens is 1. The van der Waals surface area contributed by atoms with Crippen molar-refractivity contribution in [3.63, 3.8) is 0 Å². The van der Waals surface area contributed by atoms with E-state index in [1.807, 2.05) is 18.2 Å². The molecule has 1 aromatic heterocycles. The zero-order valence-corrected chi connectivity index (χ0v) is 15.0. The monoisotopic (exact) mass is 352 g/mol. The van der Waals surface area contributed by atoms with Gasteiger partial charge in [-0.3, -0.25) is 9.78 Å². The SMILES string of the molecule is CCc1cccc2c1OCCC2NC(=O)[C@H]1CCO[C@@H]1c1cccnc1. The summed E-state index contributed by atoms with van der Waals surface area (Å²) >= 11 is 0. The largest absolute Gasteiger partial charge is 0.493 e. The van der Waals surface area contributed by atoms with Crippen LogP contribution in [0.25, 0.3) is 0 Å². The lowest BCUT2D eigenvalue weighted by atomic mass is 9.93. The molecule has 2 aliphatic heterocycles. The van der Waals surface area contributed by atoms with Crippen molar-refractivity contribution in [3.05, 3.63) is 59.4 Å². The van der Waals surface area contributed by atoms with E-state index in [1.165, 1.54) is 5.56 Å². The Labute approximate surface area is 153 Å². The van der Waals surface area contributed by atoms with Crippen molar-refractivity contribution >= 4 is 5.91 Å². The van der Waals surface area contributed by atoms with Gasteiger partial charge in [0.25, 0.3) is 0 Å². The summed E-state index contributed by atoms with van der Waals surface area (Å²) in [6.07, 6.45) is 5.74. The van der Waals surface area contributed by atoms with Crippen LogP contribution >= 0.6 is 0 Å². The van der Waals surface area contributed by atoms with Crippen LogP contribution < -0.4 is 10.1 Å². The van der Waals surface area contributed by atoms with Gasteiger partial charge in [0.2, 0.25) is 5.91 Å². The molecule has 0 aliphatic carbocycles. The van der Waals surface area contributed by atoms with E-state index < -0.39 is 0 Å². The second kappa shape index (κ2) is 7.46. The van der Waals surface area contributed by atoms with Gasteiger partial charge in [0.1, 0.15) is 5.75 Å². The molecule has 136 valence electrons. The highest BCUT2D eigenvalue weighted by Crippen LogP contribution is 2.38. The number of nitrogens with zero attached hydrogens (tertiary/aromatic N) is 1. The number of ether oxygens (including phenoxy) is 2. The number of benzene rings is 1. The molecule has 4 rings (SSSR count). The molecule has 3 atom stereocenters. The molecule has 0 saturated carbocycles. The third-order valence-electron chi connectivity index (χ3n) is 5.29. The van der Waals surface area contributed by atoms with Crippen molar-refractivity contribution in [1.29, 1.82) is 0 Å². The van der Waals surface area contributed by atoms with E-state index in [4.69, 9.17) is 9.47 Å². The Morgan fingerprint density at radius 3 is 2.96 bits per heavy atom. The molecule has 0 bridgehead atoms. The smallest absolute Gasteiger partial charge is 0.226 e. The van der Waals surface area contributed by atoms with Gasteiger partial charge in [-0.1, -0.05) is 31.2 Å². The van der Waals surface area contributed by atoms with Gasteiger partial charge >= 0.3 is 0 Å². The molecular formula is C21H24N2O3. The van der Waals surface area contributed by atoms with Gasteiger partial charge in [0, 0.05) is 31.0 Å². The molecule has 5 heteroatoms. The first-order valence-electron chi connectivity index (χ1n) is 9.34. The molecule has 0 spiro atoms. The highest BCUT2D eigenvalue weighted by atomic mass is 16.5. The summed E-state index contributed by atoms with van der Waals surface area (Å²) in [7, 11) is 0. The number of aryl methyl sites for hydroxylation is 1. The average molecular weight is 352 g/mol. The Hall–Kier alpha value is -2.40. The minimum atomic E-state index is -0.218. The van der Waals surface area contributed by atoms with Crippen LogP contribution in [0.2, 0.25) is 0 Å². The van der Waals surface area contributed by atoms with Crippen molar-refractivity contribution in [2.75, 3.05) is 13.2 Å². The Bertz CT molecular complexity index is 778. The molecule has 2 aromatic rings. The Kier molecular flexibility index (Phi) is 4.89. The summed E-state index contributed by atoms with van der Waals surface area (Å²) in [5, 5.41) is 3.25. The molecular weight excluding hydrogens is 328 g/mol. The number of fused-ring (bicyclic) bond motifs is 1. The Morgan fingerprint density at radius 1 is 1.23 bits per heavy atom. The minimum absolute atomic E-state index is 0.00658. The normalized spacial score (nSPS) is 24.6. The number of amides is 1. The molecule has 26 heavy (non-hydrogen) atoms. The number of hydrogen-bond donors (Lipinski definition) is 1. The maximum atomic E-state index is 13.0.